The standard InChI is InChI=1S/C14H14N2O4/c1-9-3-5-13(14(7-9)19-2)20-12-6-4-10(16(17)18)8-11(12)15/h3-8H,15H2,1-2H3. The van der Waals surface area contributed by atoms with Crippen molar-refractivity contribution in [2.45, 2.75) is 6.92 Å². The van der Waals surface area contributed by atoms with Crippen LogP contribution >= 0.6 is 0 Å². The van der Waals surface area contributed by atoms with Crippen LogP contribution in [0.15, 0.2) is 36.4 Å². The predicted octanol–water partition coefficient (Wildman–Crippen LogP) is 3.29. The van der Waals surface area contributed by atoms with Crippen molar-refractivity contribution in [2.75, 3.05) is 12.8 Å². The summed E-state index contributed by atoms with van der Waals surface area (Å²) >= 11 is 0. The highest BCUT2D eigenvalue weighted by molar-refractivity contribution is 5.60. The first-order valence-electron chi connectivity index (χ1n) is 5.87. The fourth-order valence-corrected chi connectivity index (χ4v) is 1.72. The summed E-state index contributed by atoms with van der Waals surface area (Å²) in [4.78, 5) is 10.1. The lowest BCUT2D eigenvalue weighted by molar-refractivity contribution is -0.384. The Labute approximate surface area is 115 Å². The van der Waals surface area contributed by atoms with Crippen LogP contribution in [0.2, 0.25) is 0 Å². The van der Waals surface area contributed by atoms with E-state index in [1.54, 1.807) is 13.2 Å². The van der Waals surface area contributed by atoms with Gasteiger partial charge in [-0.2, -0.15) is 0 Å². The van der Waals surface area contributed by atoms with Gasteiger partial charge in [0.05, 0.1) is 17.7 Å². The second-order valence-corrected chi connectivity index (χ2v) is 4.24. The van der Waals surface area contributed by atoms with Crippen molar-refractivity contribution in [3.05, 3.63) is 52.1 Å². The first kappa shape index (κ1) is 13.7. The highest BCUT2D eigenvalue weighted by Gasteiger charge is 2.12. The maximum Gasteiger partial charge on any atom is 0.271 e. The maximum atomic E-state index is 10.6. The quantitative estimate of drug-likeness (QED) is 0.525. The van der Waals surface area contributed by atoms with Crippen LogP contribution in [0.4, 0.5) is 11.4 Å². The average molecular weight is 274 g/mol. The van der Waals surface area contributed by atoms with Crippen LogP contribution in [-0.4, -0.2) is 12.0 Å². The Kier molecular flexibility index (Phi) is 3.74. The van der Waals surface area contributed by atoms with Gasteiger partial charge in [0, 0.05) is 12.1 Å². The van der Waals surface area contributed by atoms with Gasteiger partial charge in [0.1, 0.15) is 0 Å². The minimum Gasteiger partial charge on any atom is -0.493 e. The van der Waals surface area contributed by atoms with Crippen molar-refractivity contribution in [1.29, 1.82) is 0 Å². The molecule has 0 unspecified atom stereocenters. The third kappa shape index (κ3) is 2.80. The summed E-state index contributed by atoms with van der Waals surface area (Å²) in [5, 5.41) is 10.6. The van der Waals surface area contributed by atoms with Gasteiger partial charge in [-0.15, -0.1) is 0 Å². The largest absolute Gasteiger partial charge is 0.493 e. The molecular weight excluding hydrogens is 260 g/mol. The second kappa shape index (κ2) is 5.48. The van der Waals surface area contributed by atoms with Crippen molar-refractivity contribution < 1.29 is 14.4 Å². The van der Waals surface area contributed by atoms with Crippen LogP contribution in [0.5, 0.6) is 17.2 Å². The molecule has 0 saturated carbocycles. The van der Waals surface area contributed by atoms with Gasteiger partial charge in [-0.1, -0.05) is 6.07 Å². The molecule has 0 aliphatic rings. The number of nitrogens with zero attached hydrogens (tertiary/aromatic N) is 1. The molecular formula is C14H14N2O4. The number of ether oxygens (including phenoxy) is 2. The molecule has 6 heteroatoms. The van der Waals surface area contributed by atoms with Crippen LogP contribution < -0.4 is 15.2 Å². The molecule has 0 radical (unpaired) electrons. The fraction of sp³-hybridized carbons (Fsp3) is 0.143. The zero-order valence-electron chi connectivity index (χ0n) is 11.1. The smallest absolute Gasteiger partial charge is 0.271 e. The van der Waals surface area contributed by atoms with Crippen molar-refractivity contribution in [2.24, 2.45) is 0 Å². The normalized spacial score (nSPS) is 10.1. The number of nitrogen functional groups attached to an aromatic ring is 1. The number of aryl methyl sites for hydroxylation is 1. The summed E-state index contributed by atoms with van der Waals surface area (Å²) in [7, 11) is 1.54. The second-order valence-electron chi connectivity index (χ2n) is 4.24. The number of benzene rings is 2. The molecule has 0 saturated heterocycles. The third-order valence-electron chi connectivity index (χ3n) is 2.74. The van der Waals surface area contributed by atoms with E-state index in [2.05, 4.69) is 0 Å². The van der Waals surface area contributed by atoms with E-state index in [0.717, 1.165) is 5.56 Å². The summed E-state index contributed by atoms with van der Waals surface area (Å²) in [6.45, 7) is 1.94. The SMILES string of the molecule is COc1cc(C)ccc1Oc1ccc([N+](=O)[O-])cc1N. The van der Waals surface area contributed by atoms with Gasteiger partial charge in [0.25, 0.3) is 5.69 Å². The molecule has 20 heavy (non-hydrogen) atoms. The zero-order valence-corrected chi connectivity index (χ0v) is 11.1. The van der Waals surface area contributed by atoms with Gasteiger partial charge in [0.15, 0.2) is 17.2 Å². The van der Waals surface area contributed by atoms with E-state index >= 15 is 0 Å². The number of nitro groups is 1. The van der Waals surface area contributed by atoms with Crippen LogP contribution in [0.3, 0.4) is 0 Å². The molecule has 0 aliphatic carbocycles. The molecule has 2 aromatic carbocycles. The molecule has 0 fully saturated rings. The summed E-state index contributed by atoms with van der Waals surface area (Å²) in [6, 6.07) is 9.53. The van der Waals surface area contributed by atoms with Crippen molar-refractivity contribution in [1.82, 2.24) is 0 Å². The molecule has 0 bridgehead atoms. The van der Waals surface area contributed by atoms with E-state index in [4.69, 9.17) is 15.2 Å². The Hall–Kier alpha value is -2.76. The summed E-state index contributed by atoms with van der Waals surface area (Å²) in [5.41, 5.74) is 6.91. The first-order valence-corrected chi connectivity index (χ1v) is 5.87. The number of hydrogen-bond acceptors (Lipinski definition) is 5. The average Bonchev–Trinajstić information content (AvgIpc) is 2.42. The Morgan fingerprint density at radius 3 is 2.40 bits per heavy atom. The molecule has 0 amide bonds. The summed E-state index contributed by atoms with van der Waals surface area (Å²) in [5.74, 6) is 1.42. The minimum atomic E-state index is -0.507. The molecule has 0 heterocycles. The van der Waals surface area contributed by atoms with Crippen molar-refractivity contribution in [3.63, 3.8) is 0 Å². The molecule has 2 rings (SSSR count). The Balaban J connectivity index is 2.33. The first-order chi connectivity index (χ1) is 9.51. The van der Waals surface area contributed by atoms with Gasteiger partial charge in [-0.25, -0.2) is 0 Å². The number of methoxy groups -OCH3 is 1. The number of nitro benzene ring substituents is 1. The third-order valence-corrected chi connectivity index (χ3v) is 2.74. The fourth-order valence-electron chi connectivity index (χ4n) is 1.72. The predicted molar refractivity (Wildman–Crippen MR) is 75.3 cm³/mol. The monoisotopic (exact) mass is 274 g/mol. The van der Waals surface area contributed by atoms with Gasteiger partial charge in [0.2, 0.25) is 0 Å². The number of non-ortho nitro benzene ring substituents is 1. The van der Waals surface area contributed by atoms with E-state index in [1.807, 2.05) is 19.1 Å². The highest BCUT2D eigenvalue weighted by Crippen LogP contribution is 2.35. The molecule has 0 atom stereocenters. The van der Waals surface area contributed by atoms with Crippen LogP contribution in [-0.2, 0) is 0 Å². The molecule has 0 spiro atoms. The molecule has 104 valence electrons. The van der Waals surface area contributed by atoms with Crippen molar-refractivity contribution in [3.8, 4) is 17.2 Å². The van der Waals surface area contributed by atoms with E-state index in [-0.39, 0.29) is 11.4 Å². The highest BCUT2D eigenvalue weighted by atomic mass is 16.6. The van der Waals surface area contributed by atoms with Crippen LogP contribution in [0, 0.1) is 17.0 Å². The lowest BCUT2D eigenvalue weighted by Gasteiger charge is -2.12. The zero-order chi connectivity index (χ0) is 14.7. The van der Waals surface area contributed by atoms with E-state index in [1.165, 1.54) is 18.2 Å². The Morgan fingerprint density at radius 2 is 1.80 bits per heavy atom. The van der Waals surface area contributed by atoms with E-state index in [9.17, 15) is 10.1 Å². The molecule has 0 aromatic heterocycles. The minimum absolute atomic E-state index is 0.0780. The van der Waals surface area contributed by atoms with Gasteiger partial charge in [-0.05, 0) is 30.7 Å². The maximum absolute atomic E-state index is 10.6. The van der Waals surface area contributed by atoms with Gasteiger partial charge in [-0.3, -0.25) is 10.1 Å². The van der Waals surface area contributed by atoms with Gasteiger partial charge >= 0.3 is 0 Å². The number of anilines is 1. The van der Waals surface area contributed by atoms with Crippen molar-refractivity contribution >= 4 is 11.4 Å². The number of nitrogens with two attached hydrogens (primary N) is 1. The van der Waals surface area contributed by atoms with Crippen LogP contribution in [0.25, 0.3) is 0 Å². The van der Waals surface area contributed by atoms with E-state index in [0.29, 0.717) is 17.2 Å². The van der Waals surface area contributed by atoms with Gasteiger partial charge < -0.3 is 15.2 Å². The Bertz CT molecular complexity index is 656. The Morgan fingerprint density at radius 1 is 1.10 bits per heavy atom. The number of rotatable bonds is 4. The van der Waals surface area contributed by atoms with E-state index < -0.39 is 4.92 Å². The topological polar surface area (TPSA) is 87.6 Å². The number of hydrogen-bond donors (Lipinski definition) is 1. The lowest BCUT2D eigenvalue weighted by Crippen LogP contribution is -1.96. The summed E-state index contributed by atoms with van der Waals surface area (Å²) in [6.07, 6.45) is 0. The molecule has 2 aromatic rings. The molecule has 2 N–H and O–H groups in total. The molecule has 0 aliphatic heterocycles. The molecule has 6 nitrogen and oxygen atoms in total. The van der Waals surface area contributed by atoms with Crippen LogP contribution in [0.1, 0.15) is 5.56 Å². The summed E-state index contributed by atoms with van der Waals surface area (Å²) < 4.78 is 10.9. The lowest BCUT2D eigenvalue weighted by atomic mass is 10.2.